The standard InChI is InChI=1S/C13H16N4O2S/c14-9-13(5-2-1-3-6-13)17-11(19)8-20-12-15-7-4-10(18)16-12/h4,7H,1-3,5-6,8H2,(H,17,19)(H,15,16,18). The zero-order chi connectivity index (χ0) is 14.4. The highest BCUT2D eigenvalue weighted by molar-refractivity contribution is 7.99. The predicted molar refractivity (Wildman–Crippen MR) is 75.2 cm³/mol. The number of hydrogen-bond acceptors (Lipinski definition) is 5. The molecule has 20 heavy (non-hydrogen) atoms. The Morgan fingerprint density at radius 2 is 2.25 bits per heavy atom. The van der Waals surface area contributed by atoms with Crippen molar-refractivity contribution in [2.45, 2.75) is 42.8 Å². The number of hydrogen-bond donors (Lipinski definition) is 2. The number of nitriles is 1. The molecule has 1 aliphatic rings. The third-order valence-corrected chi connectivity index (χ3v) is 4.18. The summed E-state index contributed by atoms with van der Waals surface area (Å²) in [5, 5.41) is 12.5. The van der Waals surface area contributed by atoms with Gasteiger partial charge in [0.1, 0.15) is 5.54 Å². The predicted octanol–water partition coefficient (Wildman–Crippen LogP) is 1.20. The molecule has 0 saturated heterocycles. The zero-order valence-corrected chi connectivity index (χ0v) is 11.8. The SMILES string of the molecule is N#CC1(NC(=O)CSc2nccc(=O)[nH]2)CCCCC1. The first-order chi connectivity index (χ1) is 9.63. The normalized spacial score (nSPS) is 17.1. The Morgan fingerprint density at radius 1 is 1.50 bits per heavy atom. The summed E-state index contributed by atoms with van der Waals surface area (Å²) in [5.41, 5.74) is -0.961. The maximum Gasteiger partial charge on any atom is 0.251 e. The third kappa shape index (κ3) is 3.84. The summed E-state index contributed by atoms with van der Waals surface area (Å²) in [6.45, 7) is 0. The first-order valence-electron chi connectivity index (χ1n) is 6.54. The van der Waals surface area contributed by atoms with Crippen molar-refractivity contribution in [3.8, 4) is 6.07 Å². The van der Waals surface area contributed by atoms with Gasteiger partial charge in [0, 0.05) is 12.3 Å². The van der Waals surface area contributed by atoms with Gasteiger partial charge in [-0.2, -0.15) is 5.26 Å². The van der Waals surface area contributed by atoms with E-state index in [0.29, 0.717) is 18.0 Å². The summed E-state index contributed by atoms with van der Waals surface area (Å²) < 4.78 is 0. The molecule has 0 bridgehead atoms. The van der Waals surface area contributed by atoms with Crippen LogP contribution in [0.5, 0.6) is 0 Å². The molecule has 2 N–H and O–H groups in total. The van der Waals surface area contributed by atoms with Gasteiger partial charge in [0.2, 0.25) is 5.91 Å². The van der Waals surface area contributed by atoms with Gasteiger partial charge in [0.05, 0.1) is 11.8 Å². The minimum absolute atomic E-state index is 0.135. The second-order valence-corrected chi connectivity index (χ2v) is 5.79. The van der Waals surface area contributed by atoms with Crippen LogP contribution in [-0.2, 0) is 4.79 Å². The van der Waals surface area contributed by atoms with Gasteiger partial charge in [0.15, 0.2) is 5.16 Å². The zero-order valence-electron chi connectivity index (χ0n) is 11.0. The quantitative estimate of drug-likeness (QED) is 0.642. The van der Waals surface area contributed by atoms with E-state index in [1.54, 1.807) is 0 Å². The van der Waals surface area contributed by atoms with Crippen LogP contribution in [0.1, 0.15) is 32.1 Å². The molecule has 7 heteroatoms. The van der Waals surface area contributed by atoms with Crippen LogP contribution < -0.4 is 10.9 Å². The van der Waals surface area contributed by atoms with Crippen LogP contribution in [0.15, 0.2) is 22.2 Å². The lowest BCUT2D eigenvalue weighted by atomic mass is 9.83. The molecule has 0 spiro atoms. The maximum absolute atomic E-state index is 11.9. The summed E-state index contributed by atoms with van der Waals surface area (Å²) in [7, 11) is 0. The van der Waals surface area contributed by atoms with E-state index in [9.17, 15) is 14.9 Å². The molecular formula is C13H16N4O2S. The fraction of sp³-hybridized carbons (Fsp3) is 0.538. The van der Waals surface area contributed by atoms with E-state index in [0.717, 1.165) is 31.0 Å². The third-order valence-electron chi connectivity index (χ3n) is 3.29. The maximum atomic E-state index is 11.9. The highest BCUT2D eigenvalue weighted by atomic mass is 32.2. The molecule has 1 fully saturated rings. The molecule has 0 atom stereocenters. The number of nitrogens with one attached hydrogen (secondary N) is 2. The van der Waals surface area contributed by atoms with Gasteiger partial charge in [-0.1, -0.05) is 31.0 Å². The summed E-state index contributed by atoms with van der Waals surface area (Å²) in [6, 6.07) is 3.56. The molecule has 1 aliphatic carbocycles. The number of nitrogens with zero attached hydrogens (tertiary/aromatic N) is 2. The van der Waals surface area contributed by atoms with Gasteiger partial charge in [0.25, 0.3) is 5.56 Å². The first kappa shape index (κ1) is 14.6. The number of carbonyl (C=O) groups excluding carboxylic acids is 1. The Hall–Kier alpha value is -1.81. The van der Waals surface area contributed by atoms with Crippen LogP contribution in [0.2, 0.25) is 0 Å². The average molecular weight is 292 g/mol. The summed E-state index contributed by atoms with van der Waals surface area (Å²) >= 11 is 1.15. The van der Waals surface area contributed by atoms with Gasteiger partial charge in [-0.15, -0.1) is 0 Å². The molecule has 0 aromatic carbocycles. The second kappa shape index (κ2) is 6.57. The van der Waals surface area contributed by atoms with Gasteiger partial charge in [-0.05, 0) is 12.8 Å². The van der Waals surface area contributed by atoms with Crippen molar-refractivity contribution < 1.29 is 4.79 Å². The number of aromatic amines is 1. The lowest BCUT2D eigenvalue weighted by molar-refractivity contribution is -0.120. The Morgan fingerprint density at radius 3 is 2.90 bits per heavy atom. The van der Waals surface area contributed by atoms with E-state index in [-0.39, 0.29) is 17.2 Å². The summed E-state index contributed by atoms with van der Waals surface area (Å²) in [4.78, 5) is 29.5. The van der Waals surface area contributed by atoms with E-state index in [1.165, 1.54) is 12.3 Å². The van der Waals surface area contributed by atoms with Gasteiger partial charge >= 0.3 is 0 Å². The van der Waals surface area contributed by atoms with Crippen LogP contribution in [0, 0.1) is 11.3 Å². The van der Waals surface area contributed by atoms with Crippen LogP contribution >= 0.6 is 11.8 Å². The molecule has 1 aromatic rings. The van der Waals surface area contributed by atoms with Gasteiger partial charge < -0.3 is 10.3 Å². The Labute approximate surface area is 121 Å². The molecule has 2 rings (SSSR count). The highest BCUT2D eigenvalue weighted by Crippen LogP contribution is 2.27. The Kier molecular flexibility index (Phi) is 4.79. The molecule has 1 heterocycles. The van der Waals surface area contributed by atoms with Crippen LogP contribution in [0.3, 0.4) is 0 Å². The van der Waals surface area contributed by atoms with Crippen molar-refractivity contribution in [3.63, 3.8) is 0 Å². The van der Waals surface area contributed by atoms with E-state index in [1.807, 2.05) is 0 Å². The number of H-pyrrole nitrogens is 1. The fourth-order valence-electron chi connectivity index (χ4n) is 2.28. The lowest BCUT2D eigenvalue weighted by Gasteiger charge is -2.31. The fourth-order valence-corrected chi connectivity index (χ4v) is 2.93. The van der Waals surface area contributed by atoms with Crippen LogP contribution in [-0.4, -0.2) is 27.2 Å². The minimum Gasteiger partial charge on any atom is -0.337 e. The summed E-state index contributed by atoms with van der Waals surface area (Å²) in [6.07, 6.45) is 5.87. The topological polar surface area (TPSA) is 98.6 Å². The number of amides is 1. The molecule has 6 nitrogen and oxygen atoms in total. The largest absolute Gasteiger partial charge is 0.337 e. The van der Waals surface area contributed by atoms with Crippen molar-refractivity contribution in [3.05, 3.63) is 22.6 Å². The molecule has 1 amide bonds. The summed E-state index contributed by atoms with van der Waals surface area (Å²) in [5.74, 6) is -0.0684. The van der Waals surface area contributed by atoms with E-state index >= 15 is 0 Å². The van der Waals surface area contributed by atoms with Crippen molar-refractivity contribution >= 4 is 17.7 Å². The Balaban J connectivity index is 1.89. The first-order valence-corrected chi connectivity index (χ1v) is 7.52. The van der Waals surface area contributed by atoms with E-state index < -0.39 is 5.54 Å². The minimum atomic E-state index is -0.715. The molecule has 106 valence electrons. The van der Waals surface area contributed by atoms with Gasteiger partial charge in [-0.3, -0.25) is 9.59 Å². The van der Waals surface area contributed by atoms with Crippen molar-refractivity contribution in [2.24, 2.45) is 0 Å². The molecule has 1 aromatic heterocycles. The van der Waals surface area contributed by atoms with Crippen molar-refractivity contribution in [2.75, 3.05) is 5.75 Å². The molecular weight excluding hydrogens is 276 g/mol. The number of thioether (sulfide) groups is 1. The monoisotopic (exact) mass is 292 g/mol. The number of carbonyl (C=O) groups is 1. The van der Waals surface area contributed by atoms with Crippen LogP contribution in [0.25, 0.3) is 0 Å². The van der Waals surface area contributed by atoms with Gasteiger partial charge in [-0.25, -0.2) is 4.98 Å². The average Bonchev–Trinajstić information content (AvgIpc) is 2.46. The lowest BCUT2D eigenvalue weighted by Crippen LogP contribution is -2.49. The van der Waals surface area contributed by atoms with Crippen LogP contribution in [0.4, 0.5) is 0 Å². The van der Waals surface area contributed by atoms with E-state index in [4.69, 9.17) is 0 Å². The number of aromatic nitrogens is 2. The van der Waals surface area contributed by atoms with Crippen molar-refractivity contribution in [1.82, 2.24) is 15.3 Å². The second-order valence-electron chi connectivity index (χ2n) is 4.83. The highest BCUT2D eigenvalue weighted by Gasteiger charge is 2.33. The molecule has 0 unspecified atom stereocenters. The van der Waals surface area contributed by atoms with Crippen molar-refractivity contribution in [1.29, 1.82) is 5.26 Å². The van der Waals surface area contributed by atoms with E-state index in [2.05, 4.69) is 21.4 Å². The molecule has 0 radical (unpaired) electrons. The smallest absolute Gasteiger partial charge is 0.251 e. The Bertz CT molecular complexity index is 572. The molecule has 1 saturated carbocycles. The molecule has 0 aliphatic heterocycles. The number of rotatable bonds is 4.